The number of nitrogens with zero attached hydrogens (tertiary/aromatic N) is 1. The molecule has 0 saturated heterocycles. The highest BCUT2D eigenvalue weighted by Gasteiger charge is 2.08. The normalized spacial score (nSPS) is 9.92. The van der Waals surface area contributed by atoms with Crippen molar-refractivity contribution in [2.45, 2.75) is 13.8 Å². The van der Waals surface area contributed by atoms with E-state index < -0.39 is 0 Å². The summed E-state index contributed by atoms with van der Waals surface area (Å²) in [5, 5.41) is 3.07. The zero-order valence-electron chi connectivity index (χ0n) is 7.83. The van der Waals surface area contributed by atoms with Crippen molar-refractivity contribution in [1.29, 1.82) is 0 Å². The number of methoxy groups -OCH3 is 1. The van der Waals surface area contributed by atoms with Gasteiger partial charge in [-0.3, -0.25) is 0 Å². The van der Waals surface area contributed by atoms with Gasteiger partial charge in [-0.15, -0.1) is 11.3 Å². The van der Waals surface area contributed by atoms with Gasteiger partial charge in [0.25, 0.3) is 0 Å². The van der Waals surface area contributed by atoms with E-state index in [4.69, 9.17) is 4.74 Å². The summed E-state index contributed by atoms with van der Waals surface area (Å²) in [6.45, 7) is 6.37. The average Bonchev–Trinajstić information content (AvgIpc) is 2.55. The molecule has 3 heteroatoms. The molecule has 1 aromatic rings. The Morgan fingerprint density at radius 3 is 2.58 bits per heavy atom. The Kier molecular flexibility index (Phi) is 3.41. The van der Waals surface area contributed by atoms with E-state index in [1.165, 1.54) is 5.69 Å². The fourth-order valence-electron chi connectivity index (χ4n) is 1.24. The molecule has 0 atom stereocenters. The van der Waals surface area contributed by atoms with Crippen LogP contribution in [0.25, 0.3) is 0 Å². The lowest BCUT2D eigenvalue weighted by Crippen LogP contribution is -2.21. The quantitative estimate of drug-likeness (QED) is 0.715. The molecule has 0 saturated carbocycles. The zero-order chi connectivity index (χ0) is 8.97. The third kappa shape index (κ3) is 1.72. The van der Waals surface area contributed by atoms with Crippen LogP contribution in [0.2, 0.25) is 0 Å². The smallest absolute Gasteiger partial charge is 0.197 e. The fourth-order valence-corrected chi connectivity index (χ4v) is 1.97. The molecule has 0 aromatic carbocycles. The SMILES string of the molecule is CCN(CC)c1ccsc1OC. The van der Waals surface area contributed by atoms with E-state index in [0.717, 1.165) is 18.2 Å². The first-order valence-corrected chi connectivity index (χ1v) is 5.07. The molecule has 0 N–H and O–H groups in total. The summed E-state index contributed by atoms with van der Waals surface area (Å²) in [5.41, 5.74) is 1.22. The molecule has 12 heavy (non-hydrogen) atoms. The lowest BCUT2D eigenvalue weighted by Gasteiger charge is -2.20. The van der Waals surface area contributed by atoms with Crippen LogP contribution in [0.15, 0.2) is 11.4 Å². The highest BCUT2D eigenvalue weighted by molar-refractivity contribution is 7.12. The first-order valence-electron chi connectivity index (χ1n) is 4.19. The zero-order valence-corrected chi connectivity index (χ0v) is 8.65. The molecule has 0 amide bonds. The number of ether oxygens (including phenoxy) is 1. The van der Waals surface area contributed by atoms with Crippen LogP contribution in [-0.2, 0) is 0 Å². The maximum Gasteiger partial charge on any atom is 0.197 e. The Labute approximate surface area is 77.8 Å². The monoisotopic (exact) mass is 185 g/mol. The standard InChI is InChI=1S/C9H15NOS/c1-4-10(5-2)8-6-7-12-9(8)11-3/h6-7H,4-5H2,1-3H3. The largest absolute Gasteiger partial charge is 0.486 e. The summed E-state index contributed by atoms with van der Waals surface area (Å²) in [4.78, 5) is 2.29. The van der Waals surface area contributed by atoms with Gasteiger partial charge in [0.15, 0.2) is 5.06 Å². The number of hydrogen-bond donors (Lipinski definition) is 0. The van der Waals surface area contributed by atoms with Gasteiger partial charge < -0.3 is 9.64 Å². The van der Waals surface area contributed by atoms with Crippen LogP contribution >= 0.6 is 11.3 Å². The van der Waals surface area contributed by atoms with E-state index in [-0.39, 0.29) is 0 Å². The van der Waals surface area contributed by atoms with E-state index in [2.05, 4.69) is 30.2 Å². The van der Waals surface area contributed by atoms with Crippen LogP contribution in [0.1, 0.15) is 13.8 Å². The predicted molar refractivity (Wildman–Crippen MR) is 54.4 cm³/mol. The van der Waals surface area contributed by atoms with Crippen LogP contribution < -0.4 is 9.64 Å². The van der Waals surface area contributed by atoms with Gasteiger partial charge >= 0.3 is 0 Å². The van der Waals surface area contributed by atoms with E-state index in [0.29, 0.717) is 0 Å². The van der Waals surface area contributed by atoms with E-state index >= 15 is 0 Å². The third-order valence-electron chi connectivity index (χ3n) is 1.90. The van der Waals surface area contributed by atoms with Gasteiger partial charge in [0.05, 0.1) is 12.8 Å². The number of hydrogen-bond acceptors (Lipinski definition) is 3. The Morgan fingerprint density at radius 1 is 1.42 bits per heavy atom. The van der Waals surface area contributed by atoms with Crippen LogP contribution in [0.4, 0.5) is 5.69 Å². The minimum atomic E-state index is 1.01. The van der Waals surface area contributed by atoms with Crippen molar-refractivity contribution in [2.75, 3.05) is 25.1 Å². The van der Waals surface area contributed by atoms with E-state index in [9.17, 15) is 0 Å². The van der Waals surface area contributed by atoms with Crippen LogP contribution in [0.3, 0.4) is 0 Å². The molecule has 2 nitrogen and oxygen atoms in total. The average molecular weight is 185 g/mol. The maximum atomic E-state index is 5.25. The van der Waals surface area contributed by atoms with E-state index in [1.807, 2.05) is 0 Å². The van der Waals surface area contributed by atoms with E-state index in [1.54, 1.807) is 18.4 Å². The molecule has 0 fully saturated rings. The van der Waals surface area contributed by atoms with Gasteiger partial charge in [-0.05, 0) is 25.3 Å². The van der Waals surface area contributed by atoms with Crippen molar-refractivity contribution >= 4 is 17.0 Å². The Bertz CT molecular complexity index is 230. The predicted octanol–water partition coefficient (Wildman–Crippen LogP) is 2.60. The highest BCUT2D eigenvalue weighted by Crippen LogP contribution is 2.33. The molecule has 68 valence electrons. The summed E-state index contributed by atoms with van der Waals surface area (Å²) in [6.07, 6.45) is 0. The molecule has 0 bridgehead atoms. The summed E-state index contributed by atoms with van der Waals surface area (Å²) in [5.74, 6) is 0. The highest BCUT2D eigenvalue weighted by atomic mass is 32.1. The van der Waals surface area contributed by atoms with Gasteiger partial charge in [-0.25, -0.2) is 0 Å². The van der Waals surface area contributed by atoms with Gasteiger partial charge in [-0.2, -0.15) is 0 Å². The van der Waals surface area contributed by atoms with Crippen molar-refractivity contribution in [1.82, 2.24) is 0 Å². The summed E-state index contributed by atoms with van der Waals surface area (Å²) < 4.78 is 5.25. The first-order chi connectivity index (χ1) is 5.83. The molecule has 0 spiro atoms. The summed E-state index contributed by atoms with van der Waals surface area (Å²) in [6, 6.07) is 2.11. The molecular formula is C9H15NOS. The molecule has 0 aliphatic carbocycles. The number of rotatable bonds is 4. The van der Waals surface area contributed by atoms with Crippen molar-refractivity contribution < 1.29 is 4.74 Å². The number of anilines is 1. The van der Waals surface area contributed by atoms with Crippen molar-refractivity contribution in [2.24, 2.45) is 0 Å². The van der Waals surface area contributed by atoms with Gasteiger partial charge in [-0.1, -0.05) is 0 Å². The van der Waals surface area contributed by atoms with Crippen molar-refractivity contribution in [3.8, 4) is 5.06 Å². The molecule has 1 aromatic heterocycles. The lowest BCUT2D eigenvalue weighted by molar-refractivity contribution is 0.427. The summed E-state index contributed by atoms with van der Waals surface area (Å²) >= 11 is 1.64. The molecule has 0 radical (unpaired) electrons. The van der Waals surface area contributed by atoms with Gasteiger partial charge in [0, 0.05) is 13.1 Å². The van der Waals surface area contributed by atoms with Crippen molar-refractivity contribution in [3.63, 3.8) is 0 Å². The molecule has 0 aliphatic heterocycles. The third-order valence-corrected chi connectivity index (χ3v) is 2.76. The first kappa shape index (κ1) is 9.39. The molecule has 0 aliphatic rings. The second-order valence-corrected chi connectivity index (χ2v) is 3.35. The second-order valence-electron chi connectivity index (χ2n) is 2.47. The molecular weight excluding hydrogens is 170 g/mol. The topological polar surface area (TPSA) is 12.5 Å². The van der Waals surface area contributed by atoms with Gasteiger partial charge in [0.2, 0.25) is 0 Å². The fraction of sp³-hybridized carbons (Fsp3) is 0.556. The van der Waals surface area contributed by atoms with Gasteiger partial charge in [0.1, 0.15) is 0 Å². The Balaban J connectivity index is 2.83. The number of thiophene rings is 1. The van der Waals surface area contributed by atoms with Crippen LogP contribution in [0.5, 0.6) is 5.06 Å². The van der Waals surface area contributed by atoms with Crippen LogP contribution in [0, 0.1) is 0 Å². The molecule has 0 unspecified atom stereocenters. The second kappa shape index (κ2) is 4.36. The minimum Gasteiger partial charge on any atom is -0.486 e. The molecule has 1 heterocycles. The summed E-state index contributed by atoms with van der Waals surface area (Å²) in [7, 11) is 1.72. The Morgan fingerprint density at radius 2 is 2.08 bits per heavy atom. The minimum absolute atomic E-state index is 1.01. The lowest BCUT2D eigenvalue weighted by atomic mass is 10.4. The molecule has 1 rings (SSSR count). The maximum absolute atomic E-state index is 5.25. The Hall–Kier alpha value is -0.700. The van der Waals surface area contributed by atoms with Crippen LogP contribution in [-0.4, -0.2) is 20.2 Å². The van der Waals surface area contributed by atoms with Crippen molar-refractivity contribution in [3.05, 3.63) is 11.4 Å².